The average Bonchev–Trinajstić information content (AvgIpc) is 2.28. The molecule has 0 unspecified atom stereocenters. The van der Waals surface area contributed by atoms with E-state index < -0.39 is 0 Å². The highest BCUT2D eigenvalue weighted by atomic mass is 16.1. The van der Waals surface area contributed by atoms with Gasteiger partial charge in [0.15, 0.2) is 0 Å². The number of hydrogen-bond acceptors (Lipinski definition) is 2. The summed E-state index contributed by atoms with van der Waals surface area (Å²) in [6.07, 6.45) is 5.50. The zero-order valence-electron chi connectivity index (χ0n) is 10.8. The van der Waals surface area contributed by atoms with E-state index in [9.17, 15) is 4.79 Å². The molecule has 0 saturated carbocycles. The van der Waals surface area contributed by atoms with Crippen molar-refractivity contribution in [2.45, 2.75) is 52.5 Å². The molecule has 0 fully saturated rings. The molecule has 94 valence electrons. The van der Waals surface area contributed by atoms with Crippen LogP contribution in [0.1, 0.15) is 49.1 Å². The smallest absolute Gasteiger partial charge is 0.252 e. The van der Waals surface area contributed by atoms with Crippen LogP contribution in [-0.4, -0.2) is 4.98 Å². The molecule has 0 aliphatic heterocycles. The average molecular weight is 234 g/mol. The van der Waals surface area contributed by atoms with E-state index in [4.69, 9.17) is 5.73 Å². The number of aromatic nitrogens is 1. The van der Waals surface area contributed by atoms with Crippen molar-refractivity contribution < 1.29 is 0 Å². The second kappa shape index (κ2) is 5.05. The van der Waals surface area contributed by atoms with Crippen LogP contribution in [0.15, 0.2) is 4.79 Å². The van der Waals surface area contributed by atoms with E-state index in [-0.39, 0.29) is 5.56 Å². The van der Waals surface area contributed by atoms with Crippen LogP contribution in [0.25, 0.3) is 0 Å². The third kappa shape index (κ3) is 2.44. The minimum atomic E-state index is 0.0313. The van der Waals surface area contributed by atoms with Gasteiger partial charge in [-0.1, -0.05) is 13.8 Å². The first-order valence-electron chi connectivity index (χ1n) is 6.59. The number of nitrogens with two attached hydrogens (primary N) is 1. The number of hydrogen-bond donors (Lipinski definition) is 2. The highest BCUT2D eigenvalue weighted by Crippen LogP contribution is 2.25. The molecule has 0 saturated heterocycles. The largest absolute Gasteiger partial charge is 0.326 e. The van der Waals surface area contributed by atoms with Crippen LogP contribution in [0, 0.1) is 5.92 Å². The van der Waals surface area contributed by atoms with Gasteiger partial charge in [0, 0.05) is 17.8 Å². The number of fused-ring (bicyclic) bond motifs is 1. The first kappa shape index (κ1) is 12.4. The summed E-state index contributed by atoms with van der Waals surface area (Å²) in [4.78, 5) is 15.0. The molecule has 1 aliphatic carbocycles. The Hall–Kier alpha value is -1.09. The Balaban J connectivity index is 2.57. The van der Waals surface area contributed by atoms with Gasteiger partial charge >= 0.3 is 0 Å². The van der Waals surface area contributed by atoms with Gasteiger partial charge in [0.25, 0.3) is 5.56 Å². The Bertz CT molecular complexity index is 460. The number of rotatable bonds is 3. The quantitative estimate of drug-likeness (QED) is 0.839. The molecule has 0 aromatic carbocycles. The number of pyridine rings is 1. The van der Waals surface area contributed by atoms with Crippen LogP contribution in [0.4, 0.5) is 0 Å². The lowest BCUT2D eigenvalue weighted by Gasteiger charge is -2.22. The Morgan fingerprint density at radius 1 is 1.24 bits per heavy atom. The topological polar surface area (TPSA) is 58.9 Å². The number of nitrogens with one attached hydrogen (secondary N) is 1. The molecule has 0 atom stereocenters. The van der Waals surface area contributed by atoms with Crippen LogP contribution in [0.5, 0.6) is 0 Å². The van der Waals surface area contributed by atoms with Gasteiger partial charge in [0.05, 0.1) is 0 Å². The first-order valence-corrected chi connectivity index (χ1v) is 6.59. The summed E-state index contributed by atoms with van der Waals surface area (Å²) in [7, 11) is 0. The monoisotopic (exact) mass is 234 g/mol. The van der Waals surface area contributed by atoms with Crippen LogP contribution in [0.2, 0.25) is 0 Å². The SMILES string of the molecule is CC(C)Cc1c2c([nH]c(=O)c1CN)CCCC2. The lowest BCUT2D eigenvalue weighted by Crippen LogP contribution is -2.25. The van der Waals surface area contributed by atoms with E-state index in [0.717, 1.165) is 30.5 Å². The molecular formula is C14H22N2O. The van der Waals surface area contributed by atoms with Crippen molar-refractivity contribution in [3.63, 3.8) is 0 Å². The molecular weight excluding hydrogens is 212 g/mol. The molecule has 3 nitrogen and oxygen atoms in total. The standard InChI is InChI=1S/C14H22N2O/c1-9(2)7-11-10-5-3-4-6-13(10)16-14(17)12(11)8-15/h9H,3-8,15H2,1-2H3,(H,16,17). The van der Waals surface area contributed by atoms with Crippen molar-refractivity contribution in [2.24, 2.45) is 11.7 Å². The van der Waals surface area contributed by atoms with Crippen molar-refractivity contribution in [2.75, 3.05) is 0 Å². The third-order valence-electron chi connectivity index (χ3n) is 3.55. The second-order valence-corrected chi connectivity index (χ2v) is 5.38. The Kier molecular flexibility index (Phi) is 3.67. The highest BCUT2D eigenvalue weighted by Gasteiger charge is 2.19. The van der Waals surface area contributed by atoms with Crippen molar-refractivity contribution in [3.05, 3.63) is 32.7 Å². The normalized spacial score (nSPS) is 15.1. The summed E-state index contributed by atoms with van der Waals surface area (Å²) < 4.78 is 0. The molecule has 0 bridgehead atoms. The minimum absolute atomic E-state index is 0.0313. The molecule has 0 spiro atoms. The molecule has 1 heterocycles. The van der Waals surface area contributed by atoms with Crippen molar-refractivity contribution in [1.29, 1.82) is 0 Å². The molecule has 1 aromatic heterocycles. The lowest BCUT2D eigenvalue weighted by molar-refractivity contribution is 0.609. The fourth-order valence-electron chi connectivity index (χ4n) is 2.78. The van der Waals surface area contributed by atoms with Crippen molar-refractivity contribution in [3.8, 4) is 0 Å². The van der Waals surface area contributed by atoms with Crippen LogP contribution < -0.4 is 11.3 Å². The molecule has 1 aromatic rings. The van der Waals surface area contributed by atoms with Gasteiger partial charge in [-0.15, -0.1) is 0 Å². The molecule has 2 rings (SSSR count). The van der Waals surface area contributed by atoms with Gasteiger partial charge in [-0.2, -0.15) is 0 Å². The molecule has 1 aliphatic rings. The minimum Gasteiger partial charge on any atom is -0.326 e. The van der Waals surface area contributed by atoms with Crippen LogP contribution >= 0.6 is 0 Å². The van der Waals surface area contributed by atoms with Crippen molar-refractivity contribution in [1.82, 2.24) is 4.98 Å². The highest BCUT2D eigenvalue weighted by molar-refractivity contribution is 5.38. The van der Waals surface area contributed by atoms with E-state index in [1.165, 1.54) is 24.0 Å². The Labute approximate surface area is 102 Å². The van der Waals surface area contributed by atoms with Gasteiger partial charge < -0.3 is 10.7 Å². The van der Waals surface area contributed by atoms with E-state index in [1.807, 2.05) is 0 Å². The third-order valence-corrected chi connectivity index (χ3v) is 3.55. The van der Waals surface area contributed by atoms with Gasteiger partial charge in [-0.25, -0.2) is 0 Å². The predicted molar refractivity (Wildman–Crippen MR) is 70.1 cm³/mol. The maximum atomic E-state index is 12.0. The van der Waals surface area contributed by atoms with Crippen molar-refractivity contribution >= 4 is 0 Å². The van der Waals surface area contributed by atoms with Crippen LogP contribution in [-0.2, 0) is 25.8 Å². The molecule has 17 heavy (non-hydrogen) atoms. The maximum absolute atomic E-state index is 12.0. The number of H-pyrrole nitrogens is 1. The zero-order valence-corrected chi connectivity index (χ0v) is 10.8. The molecule has 0 amide bonds. The molecule has 3 heteroatoms. The second-order valence-electron chi connectivity index (χ2n) is 5.38. The number of aromatic amines is 1. The maximum Gasteiger partial charge on any atom is 0.252 e. The summed E-state index contributed by atoms with van der Waals surface area (Å²) in [6, 6.07) is 0. The zero-order chi connectivity index (χ0) is 12.4. The van der Waals surface area contributed by atoms with Gasteiger partial charge in [-0.3, -0.25) is 4.79 Å². The van der Waals surface area contributed by atoms with E-state index in [2.05, 4.69) is 18.8 Å². The Morgan fingerprint density at radius 3 is 2.59 bits per heavy atom. The van der Waals surface area contributed by atoms with E-state index in [0.29, 0.717) is 12.5 Å². The first-order chi connectivity index (χ1) is 8.13. The summed E-state index contributed by atoms with van der Waals surface area (Å²) in [6.45, 7) is 4.73. The number of aryl methyl sites for hydroxylation is 1. The van der Waals surface area contributed by atoms with Gasteiger partial charge in [-0.05, 0) is 49.1 Å². The fourth-order valence-corrected chi connectivity index (χ4v) is 2.78. The van der Waals surface area contributed by atoms with E-state index >= 15 is 0 Å². The Morgan fingerprint density at radius 2 is 1.94 bits per heavy atom. The summed E-state index contributed by atoms with van der Waals surface area (Å²) in [5, 5.41) is 0. The van der Waals surface area contributed by atoms with Gasteiger partial charge in [0.2, 0.25) is 0 Å². The molecule has 3 N–H and O–H groups in total. The predicted octanol–water partition coefficient (Wildman–Crippen LogP) is 1.91. The lowest BCUT2D eigenvalue weighted by atomic mass is 9.86. The van der Waals surface area contributed by atoms with E-state index in [1.54, 1.807) is 0 Å². The summed E-state index contributed by atoms with van der Waals surface area (Å²) in [5.41, 5.74) is 10.4. The fraction of sp³-hybridized carbons (Fsp3) is 0.643. The van der Waals surface area contributed by atoms with Gasteiger partial charge in [0.1, 0.15) is 0 Å². The molecule has 0 radical (unpaired) electrons. The summed E-state index contributed by atoms with van der Waals surface area (Å²) >= 11 is 0. The summed E-state index contributed by atoms with van der Waals surface area (Å²) in [5.74, 6) is 0.563. The van der Waals surface area contributed by atoms with Crippen LogP contribution in [0.3, 0.4) is 0 Å².